The maximum atomic E-state index is 13.1. The van der Waals surface area contributed by atoms with Gasteiger partial charge in [-0.2, -0.15) is 0 Å². The Balaban J connectivity index is 1.32. The zero-order valence-corrected chi connectivity index (χ0v) is 19.0. The Kier molecular flexibility index (Phi) is 4.94. The molecular formula is C29H27NO4. The van der Waals surface area contributed by atoms with Gasteiger partial charge in [0.1, 0.15) is 12.2 Å². The van der Waals surface area contributed by atoms with Gasteiger partial charge in [0.15, 0.2) is 0 Å². The number of ether oxygens (including phenoxy) is 2. The minimum atomic E-state index is -0.476. The Labute approximate surface area is 198 Å². The van der Waals surface area contributed by atoms with Gasteiger partial charge in [0.05, 0.1) is 11.1 Å². The summed E-state index contributed by atoms with van der Waals surface area (Å²) in [5.41, 5.74) is 11.0. The van der Waals surface area contributed by atoms with E-state index >= 15 is 0 Å². The Morgan fingerprint density at radius 2 is 1.47 bits per heavy atom. The molecule has 0 amide bonds. The van der Waals surface area contributed by atoms with Crippen molar-refractivity contribution < 1.29 is 19.1 Å². The number of esters is 2. The molecule has 2 fully saturated rings. The van der Waals surface area contributed by atoms with E-state index in [0.717, 1.165) is 18.4 Å². The van der Waals surface area contributed by atoms with Gasteiger partial charge in [-0.1, -0.05) is 48.0 Å². The van der Waals surface area contributed by atoms with Crippen LogP contribution in [0.2, 0.25) is 0 Å². The SMILES string of the molecule is Cc1cccc(C(=O)OC2C3CC(C4Cc5ccccc5C43)C2OC(=O)c2cccc(N)c2)c1. The molecule has 172 valence electrons. The van der Waals surface area contributed by atoms with E-state index in [0.29, 0.717) is 28.7 Å². The van der Waals surface area contributed by atoms with Crippen LogP contribution in [0.3, 0.4) is 0 Å². The third kappa shape index (κ3) is 3.38. The first-order chi connectivity index (χ1) is 16.5. The standard InChI is InChI=1S/C29H27NO4/c1-16-6-4-8-18(12-16)28(31)34-27-24-15-23(22-14-17-7-2-3-11-21(17)25(22)24)26(27)33-29(32)19-9-5-10-20(30)13-19/h2-13,22-27H,14-15,30H2,1H3. The van der Waals surface area contributed by atoms with E-state index in [-0.39, 0.29) is 17.8 Å². The molecule has 2 N–H and O–H groups in total. The molecule has 0 saturated heterocycles. The Morgan fingerprint density at radius 1 is 0.794 bits per heavy atom. The van der Waals surface area contributed by atoms with Gasteiger partial charge in [-0.15, -0.1) is 0 Å². The lowest BCUT2D eigenvalue weighted by molar-refractivity contribution is -0.0698. The van der Waals surface area contributed by atoms with Crippen molar-refractivity contribution in [1.82, 2.24) is 0 Å². The van der Waals surface area contributed by atoms with Crippen LogP contribution in [0.25, 0.3) is 0 Å². The topological polar surface area (TPSA) is 78.6 Å². The van der Waals surface area contributed by atoms with E-state index < -0.39 is 18.2 Å². The van der Waals surface area contributed by atoms with Gasteiger partial charge >= 0.3 is 11.9 Å². The molecule has 6 rings (SSSR count). The van der Waals surface area contributed by atoms with Crippen molar-refractivity contribution in [2.24, 2.45) is 17.8 Å². The fraction of sp³-hybridized carbons (Fsp3) is 0.310. The first-order valence-electron chi connectivity index (χ1n) is 11.9. The predicted octanol–water partition coefficient (Wildman–Crippen LogP) is 4.93. The highest BCUT2D eigenvalue weighted by Gasteiger charge is 2.63. The summed E-state index contributed by atoms with van der Waals surface area (Å²) in [7, 11) is 0. The minimum absolute atomic E-state index is 0.131. The average molecular weight is 454 g/mol. The fourth-order valence-corrected chi connectivity index (χ4v) is 6.59. The Hall–Kier alpha value is -3.60. The first-order valence-corrected chi connectivity index (χ1v) is 11.9. The van der Waals surface area contributed by atoms with E-state index in [4.69, 9.17) is 15.2 Å². The molecule has 2 saturated carbocycles. The van der Waals surface area contributed by atoms with Crippen LogP contribution >= 0.6 is 0 Å². The molecule has 2 bridgehead atoms. The van der Waals surface area contributed by atoms with Gasteiger partial charge in [0.25, 0.3) is 0 Å². The second kappa shape index (κ2) is 8.01. The summed E-state index contributed by atoms with van der Waals surface area (Å²) in [4.78, 5) is 26.2. The maximum absolute atomic E-state index is 13.1. The van der Waals surface area contributed by atoms with Crippen molar-refractivity contribution in [2.45, 2.75) is 37.9 Å². The van der Waals surface area contributed by atoms with Crippen molar-refractivity contribution in [2.75, 3.05) is 5.73 Å². The number of hydrogen-bond acceptors (Lipinski definition) is 5. The summed E-state index contributed by atoms with van der Waals surface area (Å²) < 4.78 is 12.2. The van der Waals surface area contributed by atoms with Crippen molar-refractivity contribution in [3.05, 3.63) is 101 Å². The number of anilines is 1. The summed E-state index contributed by atoms with van der Waals surface area (Å²) >= 11 is 0. The number of carbonyl (C=O) groups is 2. The monoisotopic (exact) mass is 453 g/mol. The van der Waals surface area contributed by atoms with E-state index in [1.54, 1.807) is 30.3 Å². The molecule has 3 aromatic carbocycles. The van der Waals surface area contributed by atoms with Gasteiger partial charge in [0, 0.05) is 17.5 Å². The van der Waals surface area contributed by atoms with Crippen molar-refractivity contribution in [3.8, 4) is 0 Å². The molecular weight excluding hydrogens is 426 g/mol. The number of benzene rings is 3. The zero-order valence-electron chi connectivity index (χ0n) is 19.0. The summed E-state index contributed by atoms with van der Waals surface area (Å²) in [6.07, 6.45) is 0.927. The summed E-state index contributed by atoms with van der Waals surface area (Å²) in [6, 6.07) is 22.8. The molecule has 34 heavy (non-hydrogen) atoms. The largest absolute Gasteiger partial charge is 0.455 e. The highest BCUT2D eigenvalue weighted by Crippen LogP contribution is 2.62. The lowest BCUT2D eigenvalue weighted by atomic mass is 9.76. The average Bonchev–Trinajstić information content (AvgIpc) is 3.48. The number of nitrogens with two attached hydrogens (primary N) is 1. The fourth-order valence-electron chi connectivity index (χ4n) is 6.59. The summed E-state index contributed by atoms with van der Waals surface area (Å²) in [5.74, 6) is 0.227. The molecule has 0 aliphatic heterocycles. The van der Waals surface area contributed by atoms with Gasteiger partial charge in [-0.05, 0) is 73.1 Å². The molecule has 3 aromatic rings. The second-order valence-corrected chi connectivity index (χ2v) is 9.89. The van der Waals surface area contributed by atoms with Gasteiger partial charge in [-0.3, -0.25) is 0 Å². The number of aryl methyl sites for hydroxylation is 1. The third-order valence-corrected chi connectivity index (χ3v) is 7.92. The van der Waals surface area contributed by atoms with Crippen LogP contribution in [0.5, 0.6) is 0 Å². The van der Waals surface area contributed by atoms with Crippen LogP contribution in [0, 0.1) is 24.7 Å². The highest BCUT2D eigenvalue weighted by molar-refractivity contribution is 5.91. The van der Waals surface area contributed by atoms with Crippen LogP contribution in [0.15, 0.2) is 72.8 Å². The number of carbonyl (C=O) groups excluding carboxylic acids is 2. The number of fused-ring (bicyclic) bond motifs is 7. The number of nitrogen functional groups attached to an aromatic ring is 1. The van der Waals surface area contributed by atoms with Crippen LogP contribution in [-0.4, -0.2) is 24.1 Å². The molecule has 6 unspecified atom stereocenters. The quantitative estimate of drug-likeness (QED) is 0.447. The van der Waals surface area contributed by atoms with Crippen LogP contribution < -0.4 is 5.73 Å². The molecule has 3 aliphatic carbocycles. The lowest BCUT2D eigenvalue weighted by Crippen LogP contribution is -2.45. The molecule has 0 aromatic heterocycles. The number of rotatable bonds is 4. The van der Waals surface area contributed by atoms with Crippen LogP contribution in [-0.2, 0) is 15.9 Å². The lowest BCUT2D eigenvalue weighted by Gasteiger charge is -2.37. The molecule has 0 radical (unpaired) electrons. The Morgan fingerprint density at radius 3 is 2.21 bits per heavy atom. The summed E-state index contributed by atoms with van der Waals surface area (Å²) in [5, 5.41) is 0. The number of hydrogen-bond donors (Lipinski definition) is 1. The minimum Gasteiger partial charge on any atom is -0.455 e. The van der Waals surface area contributed by atoms with Gasteiger partial charge in [0.2, 0.25) is 0 Å². The summed E-state index contributed by atoms with van der Waals surface area (Å²) in [6.45, 7) is 1.95. The molecule has 0 heterocycles. The first kappa shape index (κ1) is 21.0. The molecule has 6 atom stereocenters. The highest BCUT2D eigenvalue weighted by atomic mass is 16.6. The van der Waals surface area contributed by atoms with E-state index in [1.165, 1.54) is 11.1 Å². The maximum Gasteiger partial charge on any atom is 0.338 e. The van der Waals surface area contributed by atoms with Crippen molar-refractivity contribution in [3.63, 3.8) is 0 Å². The van der Waals surface area contributed by atoms with Gasteiger partial charge in [-0.25, -0.2) is 9.59 Å². The van der Waals surface area contributed by atoms with Crippen molar-refractivity contribution in [1.29, 1.82) is 0 Å². The molecule has 3 aliphatic rings. The van der Waals surface area contributed by atoms with Crippen molar-refractivity contribution >= 4 is 17.6 Å². The van der Waals surface area contributed by atoms with Crippen LogP contribution in [0.1, 0.15) is 49.7 Å². The Bertz CT molecular complexity index is 1280. The zero-order chi connectivity index (χ0) is 23.4. The molecule has 5 nitrogen and oxygen atoms in total. The molecule has 5 heteroatoms. The normalized spacial score (nSPS) is 28.3. The smallest absolute Gasteiger partial charge is 0.338 e. The van der Waals surface area contributed by atoms with Crippen LogP contribution in [0.4, 0.5) is 5.69 Å². The third-order valence-electron chi connectivity index (χ3n) is 7.92. The predicted molar refractivity (Wildman–Crippen MR) is 128 cm³/mol. The van der Waals surface area contributed by atoms with E-state index in [1.807, 2.05) is 25.1 Å². The molecule has 0 spiro atoms. The second-order valence-electron chi connectivity index (χ2n) is 9.89. The van der Waals surface area contributed by atoms with E-state index in [2.05, 4.69) is 24.3 Å². The van der Waals surface area contributed by atoms with Gasteiger partial charge < -0.3 is 15.2 Å². The van der Waals surface area contributed by atoms with E-state index in [9.17, 15) is 9.59 Å².